The zero-order chi connectivity index (χ0) is 6.69. The number of nitrogens with one attached hydrogen (secondary N) is 1. The Morgan fingerprint density at radius 1 is 1.67 bits per heavy atom. The summed E-state index contributed by atoms with van der Waals surface area (Å²) in [5.41, 5.74) is 0.650. The Bertz CT molecular complexity index is 185. The van der Waals surface area contributed by atoms with Crippen LogP contribution in [0.5, 0.6) is 5.88 Å². The zero-order valence-corrected chi connectivity index (χ0v) is 4.83. The molecule has 0 radical (unpaired) electrons. The van der Waals surface area contributed by atoms with Crippen molar-refractivity contribution in [2.75, 3.05) is 6.61 Å². The van der Waals surface area contributed by atoms with Crippen molar-refractivity contribution in [3.8, 4) is 5.88 Å². The summed E-state index contributed by atoms with van der Waals surface area (Å²) in [5.74, 6) is -0.0240. The summed E-state index contributed by atoms with van der Waals surface area (Å²) in [7, 11) is 0. The smallest absolute Gasteiger partial charge is 0.233 e. The molecule has 0 amide bonds. The van der Waals surface area contributed by atoms with Gasteiger partial charge in [0.1, 0.15) is 0 Å². The van der Waals surface area contributed by atoms with Crippen molar-refractivity contribution in [2.45, 2.75) is 6.42 Å². The van der Waals surface area contributed by atoms with Crippen molar-refractivity contribution in [3.63, 3.8) is 0 Å². The van der Waals surface area contributed by atoms with Gasteiger partial charge in [-0.1, -0.05) is 0 Å². The van der Waals surface area contributed by atoms with Gasteiger partial charge in [-0.2, -0.15) is 0 Å². The molecule has 0 atom stereocenters. The lowest BCUT2D eigenvalue weighted by Crippen LogP contribution is -1.87. The van der Waals surface area contributed by atoms with Gasteiger partial charge in [-0.3, -0.25) is 5.10 Å². The molecule has 0 aliphatic carbocycles. The molecule has 0 fully saturated rings. The number of hydrogen-bond donors (Lipinski definition) is 3. The lowest BCUT2D eigenvalue weighted by molar-refractivity contribution is 0.297. The van der Waals surface area contributed by atoms with E-state index in [0.29, 0.717) is 12.0 Å². The summed E-state index contributed by atoms with van der Waals surface area (Å²) < 4.78 is 0. The van der Waals surface area contributed by atoms with E-state index in [0.717, 1.165) is 0 Å². The standard InChI is InChI=1S/C5H8N2O2/c8-2-1-4-3-6-7-5(4)9/h3,8H,1-2H2,(H2,6,7,9). The molecular weight excluding hydrogens is 120 g/mol. The third-order valence-electron chi connectivity index (χ3n) is 1.08. The third kappa shape index (κ3) is 1.20. The molecular formula is C5H8N2O2. The second-order valence-corrected chi connectivity index (χ2v) is 1.71. The fraction of sp³-hybridized carbons (Fsp3) is 0.400. The fourth-order valence-electron chi connectivity index (χ4n) is 0.612. The summed E-state index contributed by atoms with van der Waals surface area (Å²) in [6.45, 7) is 0.0348. The first-order valence-corrected chi connectivity index (χ1v) is 2.67. The van der Waals surface area contributed by atoms with Gasteiger partial charge in [0, 0.05) is 24.8 Å². The van der Waals surface area contributed by atoms with Crippen LogP contribution in [0.15, 0.2) is 6.20 Å². The molecule has 0 aromatic carbocycles. The van der Waals surface area contributed by atoms with E-state index in [4.69, 9.17) is 10.2 Å². The molecule has 0 saturated carbocycles. The van der Waals surface area contributed by atoms with Crippen molar-refractivity contribution in [2.24, 2.45) is 0 Å². The van der Waals surface area contributed by atoms with Gasteiger partial charge in [0.15, 0.2) is 0 Å². The van der Waals surface area contributed by atoms with Crippen LogP contribution in [0.3, 0.4) is 0 Å². The average Bonchev–Trinajstić information content (AvgIpc) is 2.18. The quantitative estimate of drug-likeness (QED) is 0.510. The summed E-state index contributed by atoms with van der Waals surface area (Å²) in [6, 6.07) is 0. The predicted molar refractivity (Wildman–Crippen MR) is 31.0 cm³/mol. The Hall–Kier alpha value is -1.03. The molecule has 1 heterocycles. The molecule has 0 bridgehead atoms. The zero-order valence-electron chi connectivity index (χ0n) is 4.83. The molecule has 4 nitrogen and oxygen atoms in total. The minimum Gasteiger partial charge on any atom is -0.492 e. The summed E-state index contributed by atoms with van der Waals surface area (Å²) in [5, 5.41) is 23.2. The number of aliphatic hydroxyl groups is 1. The lowest BCUT2D eigenvalue weighted by Gasteiger charge is -1.88. The van der Waals surface area contributed by atoms with Gasteiger partial charge in [0.05, 0.1) is 0 Å². The maximum Gasteiger partial charge on any atom is 0.233 e. The van der Waals surface area contributed by atoms with Crippen LogP contribution in [0.2, 0.25) is 0 Å². The van der Waals surface area contributed by atoms with Crippen molar-refractivity contribution >= 4 is 0 Å². The molecule has 0 aliphatic rings. The van der Waals surface area contributed by atoms with E-state index in [-0.39, 0.29) is 12.5 Å². The summed E-state index contributed by atoms with van der Waals surface area (Å²) >= 11 is 0. The van der Waals surface area contributed by atoms with E-state index in [1.165, 1.54) is 0 Å². The first-order valence-electron chi connectivity index (χ1n) is 2.67. The second-order valence-electron chi connectivity index (χ2n) is 1.71. The van der Waals surface area contributed by atoms with Crippen molar-refractivity contribution in [1.82, 2.24) is 10.2 Å². The van der Waals surface area contributed by atoms with Gasteiger partial charge in [-0.25, -0.2) is 0 Å². The van der Waals surface area contributed by atoms with Crippen LogP contribution < -0.4 is 0 Å². The van der Waals surface area contributed by atoms with Crippen LogP contribution in [-0.4, -0.2) is 27.0 Å². The highest BCUT2D eigenvalue weighted by atomic mass is 16.3. The lowest BCUT2D eigenvalue weighted by atomic mass is 10.3. The van der Waals surface area contributed by atoms with E-state index in [1.54, 1.807) is 6.20 Å². The molecule has 4 heteroatoms. The maximum absolute atomic E-state index is 8.83. The van der Waals surface area contributed by atoms with Gasteiger partial charge < -0.3 is 10.2 Å². The Morgan fingerprint density at radius 2 is 2.44 bits per heavy atom. The van der Waals surface area contributed by atoms with Crippen molar-refractivity contribution in [3.05, 3.63) is 11.8 Å². The molecule has 1 rings (SSSR count). The van der Waals surface area contributed by atoms with Gasteiger partial charge >= 0.3 is 0 Å². The number of rotatable bonds is 2. The number of aliphatic hydroxyl groups excluding tert-OH is 1. The van der Waals surface area contributed by atoms with Gasteiger partial charge in [0.2, 0.25) is 5.88 Å². The van der Waals surface area contributed by atoms with Crippen LogP contribution >= 0.6 is 0 Å². The van der Waals surface area contributed by atoms with Gasteiger partial charge in [-0.15, -0.1) is 5.10 Å². The first kappa shape index (κ1) is 6.10. The van der Waals surface area contributed by atoms with Crippen molar-refractivity contribution < 1.29 is 10.2 Å². The average molecular weight is 128 g/mol. The van der Waals surface area contributed by atoms with E-state index in [2.05, 4.69) is 10.2 Å². The van der Waals surface area contributed by atoms with Crippen LogP contribution in [0.25, 0.3) is 0 Å². The van der Waals surface area contributed by atoms with E-state index < -0.39 is 0 Å². The Labute approximate surface area is 52.1 Å². The molecule has 3 N–H and O–H groups in total. The largest absolute Gasteiger partial charge is 0.492 e. The summed E-state index contributed by atoms with van der Waals surface area (Å²) in [6.07, 6.45) is 2.01. The molecule has 1 aromatic heterocycles. The highest BCUT2D eigenvalue weighted by Gasteiger charge is 2.00. The number of aromatic hydroxyl groups is 1. The molecule has 0 unspecified atom stereocenters. The van der Waals surface area contributed by atoms with Crippen LogP contribution in [0.4, 0.5) is 0 Å². The molecule has 1 aromatic rings. The third-order valence-corrected chi connectivity index (χ3v) is 1.08. The Balaban J connectivity index is 2.69. The highest BCUT2D eigenvalue weighted by Crippen LogP contribution is 2.10. The van der Waals surface area contributed by atoms with Gasteiger partial charge in [-0.05, 0) is 0 Å². The van der Waals surface area contributed by atoms with E-state index >= 15 is 0 Å². The number of nitrogens with zero attached hydrogens (tertiary/aromatic N) is 1. The van der Waals surface area contributed by atoms with Crippen LogP contribution in [0, 0.1) is 0 Å². The Morgan fingerprint density at radius 3 is 2.89 bits per heavy atom. The van der Waals surface area contributed by atoms with Gasteiger partial charge in [0.25, 0.3) is 0 Å². The summed E-state index contributed by atoms with van der Waals surface area (Å²) in [4.78, 5) is 0. The number of aromatic amines is 1. The van der Waals surface area contributed by atoms with Crippen LogP contribution in [-0.2, 0) is 6.42 Å². The second kappa shape index (κ2) is 2.50. The van der Waals surface area contributed by atoms with E-state index in [9.17, 15) is 0 Å². The normalized spacial score (nSPS) is 9.89. The minimum atomic E-state index is -0.0240. The Kier molecular flexibility index (Phi) is 1.69. The molecule has 0 aliphatic heterocycles. The SMILES string of the molecule is OCCc1c[nH]nc1O. The number of hydrogen-bond acceptors (Lipinski definition) is 3. The number of H-pyrrole nitrogens is 1. The number of aromatic nitrogens is 2. The molecule has 9 heavy (non-hydrogen) atoms. The first-order chi connectivity index (χ1) is 4.34. The fourth-order valence-corrected chi connectivity index (χ4v) is 0.612. The van der Waals surface area contributed by atoms with E-state index in [1.807, 2.05) is 0 Å². The minimum absolute atomic E-state index is 0.0240. The molecule has 0 spiro atoms. The highest BCUT2D eigenvalue weighted by molar-refractivity contribution is 5.20. The molecule has 50 valence electrons. The monoisotopic (exact) mass is 128 g/mol. The van der Waals surface area contributed by atoms with Crippen LogP contribution in [0.1, 0.15) is 5.56 Å². The maximum atomic E-state index is 8.83. The predicted octanol–water partition coefficient (Wildman–Crippen LogP) is -0.350. The topological polar surface area (TPSA) is 69.1 Å². The molecule has 0 saturated heterocycles. The van der Waals surface area contributed by atoms with Crippen molar-refractivity contribution in [1.29, 1.82) is 0 Å².